The van der Waals surface area contributed by atoms with Crippen LogP contribution in [0.1, 0.15) is 25.3 Å². The van der Waals surface area contributed by atoms with Crippen molar-refractivity contribution in [2.75, 3.05) is 6.54 Å². The van der Waals surface area contributed by atoms with Crippen LogP contribution in [0.3, 0.4) is 0 Å². The molecule has 1 aliphatic rings. The summed E-state index contributed by atoms with van der Waals surface area (Å²) in [5, 5.41) is 0. The average Bonchev–Trinajstić information content (AvgIpc) is 2.73. The molecule has 1 fully saturated rings. The van der Waals surface area contributed by atoms with Crippen LogP contribution in [-0.4, -0.2) is 6.54 Å². The van der Waals surface area contributed by atoms with Gasteiger partial charge < -0.3 is 5.73 Å². The van der Waals surface area contributed by atoms with Gasteiger partial charge in [0.2, 0.25) is 0 Å². The van der Waals surface area contributed by atoms with Gasteiger partial charge in [0.1, 0.15) is 5.82 Å². The van der Waals surface area contributed by atoms with E-state index < -0.39 is 0 Å². The Labute approximate surface area is 98.0 Å². The molecular weight excluding hydrogens is 257 g/mol. The summed E-state index contributed by atoms with van der Waals surface area (Å²) in [6.45, 7) is 5.13. The van der Waals surface area contributed by atoms with Crippen molar-refractivity contribution in [2.24, 2.45) is 17.1 Å². The summed E-state index contributed by atoms with van der Waals surface area (Å²) in [4.78, 5) is 0. The third kappa shape index (κ3) is 1.72. The van der Waals surface area contributed by atoms with Crippen molar-refractivity contribution in [3.63, 3.8) is 0 Å². The minimum Gasteiger partial charge on any atom is -0.330 e. The molecule has 0 saturated heterocycles. The Kier molecular flexibility index (Phi) is 2.63. The van der Waals surface area contributed by atoms with E-state index in [4.69, 9.17) is 5.73 Å². The molecule has 1 aromatic rings. The maximum Gasteiger partial charge on any atom is 0.137 e. The molecule has 0 radical (unpaired) electrons. The second-order valence-corrected chi connectivity index (χ2v) is 5.67. The molecule has 1 aliphatic carbocycles. The highest BCUT2D eigenvalue weighted by molar-refractivity contribution is 9.10. The molecule has 0 aromatic heterocycles. The van der Waals surface area contributed by atoms with Gasteiger partial charge in [0.15, 0.2) is 0 Å². The number of hydrogen-bond acceptors (Lipinski definition) is 1. The number of hydrogen-bond donors (Lipinski definition) is 1. The molecule has 0 unspecified atom stereocenters. The van der Waals surface area contributed by atoms with Gasteiger partial charge in [-0.15, -0.1) is 0 Å². The van der Waals surface area contributed by atoms with Crippen molar-refractivity contribution in [3.8, 4) is 0 Å². The van der Waals surface area contributed by atoms with E-state index in [1.54, 1.807) is 0 Å². The van der Waals surface area contributed by atoms with E-state index in [0.717, 1.165) is 0 Å². The lowest BCUT2D eigenvalue weighted by atomic mass is 10.0. The van der Waals surface area contributed by atoms with E-state index in [1.807, 2.05) is 12.1 Å². The van der Waals surface area contributed by atoms with E-state index in [2.05, 4.69) is 29.8 Å². The first-order chi connectivity index (χ1) is 6.98. The molecule has 15 heavy (non-hydrogen) atoms. The fourth-order valence-corrected chi connectivity index (χ4v) is 2.95. The van der Waals surface area contributed by atoms with Crippen LogP contribution in [0, 0.1) is 17.2 Å². The summed E-state index contributed by atoms with van der Waals surface area (Å²) >= 11 is 3.22. The SMILES string of the molecule is CC1(C)[C@H](CN)[C@H]1c1ccc(F)c(Br)c1. The molecule has 1 nitrogen and oxygen atoms in total. The summed E-state index contributed by atoms with van der Waals surface area (Å²) in [5.74, 6) is 0.788. The van der Waals surface area contributed by atoms with E-state index in [-0.39, 0.29) is 11.2 Å². The van der Waals surface area contributed by atoms with Crippen LogP contribution >= 0.6 is 15.9 Å². The van der Waals surface area contributed by atoms with Crippen molar-refractivity contribution >= 4 is 15.9 Å². The maximum absolute atomic E-state index is 13.1. The highest BCUT2D eigenvalue weighted by Crippen LogP contribution is 2.63. The van der Waals surface area contributed by atoms with Crippen LogP contribution in [-0.2, 0) is 0 Å². The lowest BCUT2D eigenvalue weighted by Gasteiger charge is -2.04. The van der Waals surface area contributed by atoms with Crippen LogP contribution in [0.15, 0.2) is 22.7 Å². The van der Waals surface area contributed by atoms with E-state index in [1.165, 1.54) is 11.6 Å². The highest BCUT2D eigenvalue weighted by Gasteiger charge is 2.57. The number of benzene rings is 1. The first kappa shape index (κ1) is 11.1. The zero-order chi connectivity index (χ0) is 11.2. The summed E-state index contributed by atoms with van der Waals surface area (Å²) in [6, 6.07) is 5.25. The molecule has 2 atom stereocenters. The van der Waals surface area contributed by atoms with E-state index in [0.29, 0.717) is 22.9 Å². The summed E-state index contributed by atoms with van der Waals surface area (Å²) < 4.78 is 13.6. The van der Waals surface area contributed by atoms with E-state index >= 15 is 0 Å². The summed E-state index contributed by atoms with van der Waals surface area (Å²) in [7, 11) is 0. The van der Waals surface area contributed by atoms with Crippen molar-refractivity contribution < 1.29 is 4.39 Å². The molecule has 82 valence electrons. The van der Waals surface area contributed by atoms with Gasteiger partial charge in [-0.1, -0.05) is 19.9 Å². The van der Waals surface area contributed by atoms with Gasteiger partial charge >= 0.3 is 0 Å². The van der Waals surface area contributed by atoms with Gasteiger partial charge in [-0.2, -0.15) is 0 Å². The molecule has 3 heteroatoms. The third-order valence-electron chi connectivity index (χ3n) is 3.61. The number of nitrogens with two attached hydrogens (primary N) is 1. The molecule has 0 heterocycles. The zero-order valence-corrected chi connectivity index (χ0v) is 10.5. The standard InChI is InChI=1S/C12H15BrFN/c1-12(2)8(6-15)11(12)7-3-4-10(14)9(13)5-7/h3-5,8,11H,6,15H2,1-2H3/t8-,11-/m1/s1. The second kappa shape index (κ2) is 3.56. The third-order valence-corrected chi connectivity index (χ3v) is 4.21. The number of halogens is 2. The second-order valence-electron chi connectivity index (χ2n) is 4.81. The predicted molar refractivity (Wildman–Crippen MR) is 63.2 cm³/mol. The molecule has 1 saturated carbocycles. The quantitative estimate of drug-likeness (QED) is 0.878. The maximum atomic E-state index is 13.1. The van der Waals surface area contributed by atoms with Gasteiger partial charge in [-0.3, -0.25) is 0 Å². The van der Waals surface area contributed by atoms with Crippen LogP contribution in [0.25, 0.3) is 0 Å². The smallest absolute Gasteiger partial charge is 0.137 e. The van der Waals surface area contributed by atoms with Crippen molar-refractivity contribution in [3.05, 3.63) is 34.1 Å². The molecule has 2 rings (SSSR count). The molecule has 1 aromatic carbocycles. The first-order valence-corrected chi connectivity index (χ1v) is 5.92. The topological polar surface area (TPSA) is 26.0 Å². The Morgan fingerprint density at radius 3 is 2.60 bits per heavy atom. The van der Waals surface area contributed by atoms with Crippen LogP contribution < -0.4 is 5.73 Å². The Bertz CT molecular complexity index is 389. The van der Waals surface area contributed by atoms with Crippen LogP contribution in [0.5, 0.6) is 0 Å². The molecule has 0 aliphatic heterocycles. The van der Waals surface area contributed by atoms with Gasteiger partial charge in [-0.25, -0.2) is 4.39 Å². The van der Waals surface area contributed by atoms with E-state index in [9.17, 15) is 4.39 Å². The van der Waals surface area contributed by atoms with Gasteiger partial charge in [0.25, 0.3) is 0 Å². The highest BCUT2D eigenvalue weighted by atomic mass is 79.9. The Morgan fingerprint density at radius 2 is 2.13 bits per heavy atom. The largest absolute Gasteiger partial charge is 0.330 e. The van der Waals surface area contributed by atoms with Crippen LogP contribution in [0.4, 0.5) is 4.39 Å². The monoisotopic (exact) mass is 271 g/mol. The van der Waals surface area contributed by atoms with Gasteiger partial charge in [0, 0.05) is 0 Å². The predicted octanol–water partition coefficient (Wildman–Crippen LogP) is 3.29. The van der Waals surface area contributed by atoms with Crippen molar-refractivity contribution in [1.29, 1.82) is 0 Å². The van der Waals surface area contributed by atoms with Crippen molar-refractivity contribution in [2.45, 2.75) is 19.8 Å². The summed E-state index contributed by atoms with van der Waals surface area (Å²) in [6.07, 6.45) is 0. The minimum atomic E-state index is -0.207. The normalized spacial score (nSPS) is 27.8. The first-order valence-electron chi connectivity index (χ1n) is 5.13. The number of rotatable bonds is 2. The summed E-state index contributed by atoms with van der Waals surface area (Å²) in [5.41, 5.74) is 7.16. The molecule has 0 amide bonds. The Balaban J connectivity index is 2.29. The molecule has 0 spiro atoms. The van der Waals surface area contributed by atoms with Gasteiger partial charge in [0.05, 0.1) is 4.47 Å². The zero-order valence-electron chi connectivity index (χ0n) is 8.93. The molecule has 2 N–H and O–H groups in total. The Hall–Kier alpha value is -0.410. The minimum absolute atomic E-state index is 0.207. The fourth-order valence-electron chi connectivity index (χ4n) is 2.55. The lowest BCUT2D eigenvalue weighted by Crippen LogP contribution is -2.05. The molecule has 0 bridgehead atoms. The van der Waals surface area contributed by atoms with Gasteiger partial charge in [-0.05, 0) is 57.4 Å². The average molecular weight is 272 g/mol. The Morgan fingerprint density at radius 1 is 1.47 bits per heavy atom. The van der Waals surface area contributed by atoms with Crippen molar-refractivity contribution in [1.82, 2.24) is 0 Å². The van der Waals surface area contributed by atoms with Crippen LogP contribution in [0.2, 0.25) is 0 Å². The fraction of sp³-hybridized carbons (Fsp3) is 0.500. The lowest BCUT2D eigenvalue weighted by molar-refractivity contribution is 0.558. The molecular formula is C12H15BrFN.